The Hall–Kier alpha value is -2.41. The SMILES string of the molecule is O=C(NCc1cccnc1)[C@@H]1C[C@@H](Sc2ccc(F)cc2)CN1Cc1ccccc1Cl. The van der Waals surface area contributed by atoms with Crippen LogP contribution in [0.1, 0.15) is 17.5 Å². The van der Waals surface area contributed by atoms with E-state index < -0.39 is 0 Å². The number of rotatable bonds is 7. The van der Waals surface area contributed by atoms with Gasteiger partial charge in [-0.15, -0.1) is 11.8 Å². The highest BCUT2D eigenvalue weighted by Crippen LogP contribution is 2.34. The molecule has 1 N–H and O–H groups in total. The molecule has 0 spiro atoms. The van der Waals surface area contributed by atoms with Crippen molar-refractivity contribution in [3.8, 4) is 0 Å². The highest BCUT2D eigenvalue weighted by molar-refractivity contribution is 8.00. The van der Waals surface area contributed by atoms with Gasteiger partial charge in [-0.1, -0.05) is 35.9 Å². The molecule has 1 aliphatic heterocycles. The Morgan fingerprint density at radius 1 is 1.16 bits per heavy atom. The minimum absolute atomic E-state index is 0.00175. The number of halogens is 2. The number of carbonyl (C=O) groups excluding carboxylic acids is 1. The minimum atomic E-state index is -0.258. The van der Waals surface area contributed by atoms with Crippen LogP contribution >= 0.6 is 23.4 Å². The molecule has 2 atom stereocenters. The van der Waals surface area contributed by atoms with Crippen LogP contribution in [-0.2, 0) is 17.9 Å². The van der Waals surface area contributed by atoms with E-state index in [-0.39, 0.29) is 23.0 Å². The topological polar surface area (TPSA) is 45.2 Å². The van der Waals surface area contributed by atoms with Crippen LogP contribution in [0.4, 0.5) is 4.39 Å². The fraction of sp³-hybridized carbons (Fsp3) is 0.250. The summed E-state index contributed by atoms with van der Waals surface area (Å²) >= 11 is 8.06. The van der Waals surface area contributed by atoms with Gasteiger partial charge in [0.2, 0.25) is 5.91 Å². The summed E-state index contributed by atoms with van der Waals surface area (Å²) in [5, 5.41) is 3.98. The van der Waals surface area contributed by atoms with E-state index in [0.29, 0.717) is 24.5 Å². The molecule has 0 radical (unpaired) electrons. The first-order chi connectivity index (χ1) is 15.1. The summed E-state index contributed by atoms with van der Waals surface area (Å²) in [5.74, 6) is -0.248. The lowest BCUT2D eigenvalue weighted by molar-refractivity contribution is -0.125. The molecular weight excluding hydrogens is 433 g/mol. The summed E-state index contributed by atoms with van der Waals surface area (Å²) in [4.78, 5) is 20.4. The third kappa shape index (κ3) is 5.85. The van der Waals surface area contributed by atoms with Crippen LogP contribution in [-0.4, -0.2) is 33.6 Å². The Bertz CT molecular complexity index is 1020. The second-order valence-electron chi connectivity index (χ2n) is 7.55. The number of likely N-dealkylation sites (tertiary alicyclic amines) is 1. The maximum Gasteiger partial charge on any atom is 0.237 e. The number of benzene rings is 2. The number of hydrogen-bond acceptors (Lipinski definition) is 4. The third-order valence-electron chi connectivity index (χ3n) is 5.30. The number of amides is 1. The Labute approximate surface area is 190 Å². The molecule has 160 valence electrons. The van der Waals surface area contributed by atoms with E-state index in [4.69, 9.17) is 11.6 Å². The van der Waals surface area contributed by atoms with Gasteiger partial charge in [0.15, 0.2) is 0 Å². The number of thioether (sulfide) groups is 1. The maximum atomic E-state index is 13.2. The van der Waals surface area contributed by atoms with Crippen molar-refractivity contribution in [2.75, 3.05) is 6.54 Å². The van der Waals surface area contributed by atoms with Crippen LogP contribution in [0.25, 0.3) is 0 Å². The lowest BCUT2D eigenvalue weighted by Crippen LogP contribution is -2.42. The van der Waals surface area contributed by atoms with Crippen molar-refractivity contribution in [3.05, 3.63) is 95.0 Å². The second kappa shape index (κ2) is 10.3. The van der Waals surface area contributed by atoms with E-state index in [1.54, 1.807) is 36.3 Å². The highest BCUT2D eigenvalue weighted by Gasteiger charge is 2.37. The van der Waals surface area contributed by atoms with E-state index >= 15 is 0 Å². The van der Waals surface area contributed by atoms with Gasteiger partial charge >= 0.3 is 0 Å². The molecule has 4 rings (SSSR count). The van der Waals surface area contributed by atoms with Gasteiger partial charge in [0.05, 0.1) is 6.04 Å². The van der Waals surface area contributed by atoms with Gasteiger partial charge in [-0.25, -0.2) is 4.39 Å². The van der Waals surface area contributed by atoms with Crippen LogP contribution in [0.15, 0.2) is 78.0 Å². The molecule has 2 aromatic carbocycles. The average Bonchev–Trinajstić information content (AvgIpc) is 3.18. The Morgan fingerprint density at radius 2 is 1.97 bits per heavy atom. The number of hydrogen-bond donors (Lipinski definition) is 1. The van der Waals surface area contributed by atoms with E-state index in [1.807, 2.05) is 36.4 Å². The van der Waals surface area contributed by atoms with Crippen molar-refractivity contribution >= 4 is 29.3 Å². The van der Waals surface area contributed by atoms with E-state index in [1.165, 1.54) is 12.1 Å². The number of aromatic nitrogens is 1. The molecule has 0 aliphatic carbocycles. The van der Waals surface area contributed by atoms with Crippen molar-refractivity contribution in [3.63, 3.8) is 0 Å². The lowest BCUT2D eigenvalue weighted by Gasteiger charge is -2.24. The zero-order chi connectivity index (χ0) is 21.6. The summed E-state index contributed by atoms with van der Waals surface area (Å²) in [6, 6.07) is 17.8. The monoisotopic (exact) mass is 455 g/mol. The largest absolute Gasteiger partial charge is 0.351 e. The Kier molecular flexibility index (Phi) is 7.22. The van der Waals surface area contributed by atoms with E-state index in [2.05, 4.69) is 15.2 Å². The first-order valence-electron chi connectivity index (χ1n) is 10.1. The molecule has 1 saturated heterocycles. The smallest absolute Gasteiger partial charge is 0.237 e. The molecule has 1 aliphatic rings. The maximum absolute atomic E-state index is 13.2. The molecule has 31 heavy (non-hydrogen) atoms. The minimum Gasteiger partial charge on any atom is -0.351 e. The van der Waals surface area contributed by atoms with Crippen LogP contribution in [0, 0.1) is 5.82 Å². The number of pyridine rings is 1. The summed E-state index contributed by atoms with van der Waals surface area (Å²) in [6.45, 7) is 1.79. The number of nitrogens with zero attached hydrogens (tertiary/aromatic N) is 2. The summed E-state index contributed by atoms with van der Waals surface area (Å²) in [7, 11) is 0. The van der Waals surface area contributed by atoms with Crippen molar-refractivity contribution in [1.82, 2.24) is 15.2 Å². The van der Waals surface area contributed by atoms with Crippen molar-refractivity contribution in [2.45, 2.75) is 35.7 Å². The van der Waals surface area contributed by atoms with Crippen LogP contribution in [0.5, 0.6) is 0 Å². The normalized spacial score (nSPS) is 18.8. The first-order valence-corrected chi connectivity index (χ1v) is 11.4. The van der Waals surface area contributed by atoms with Gasteiger partial charge in [0.1, 0.15) is 5.82 Å². The standard InChI is InChI=1S/C24H23ClFN3OS/c25-22-6-2-1-5-18(22)15-29-16-21(31-20-9-7-19(26)8-10-20)12-23(29)24(30)28-14-17-4-3-11-27-13-17/h1-11,13,21,23H,12,14-16H2,(H,28,30)/t21-,23+/m1/s1. The summed E-state index contributed by atoms with van der Waals surface area (Å²) < 4.78 is 13.2. The molecule has 0 saturated carbocycles. The Morgan fingerprint density at radius 3 is 2.71 bits per heavy atom. The van der Waals surface area contributed by atoms with Gasteiger partial charge < -0.3 is 5.32 Å². The summed E-state index contributed by atoms with van der Waals surface area (Å²) in [6.07, 6.45) is 4.18. The Balaban J connectivity index is 1.47. The average molecular weight is 456 g/mol. The van der Waals surface area contributed by atoms with Crippen LogP contribution in [0.3, 0.4) is 0 Å². The molecule has 3 aromatic rings. The molecule has 2 heterocycles. The molecule has 1 amide bonds. The van der Waals surface area contributed by atoms with E-state index in [9.17, 15) is 9.18 Å². The van der Waals surface area contributed by atoms with Gasteiger partial charge in [0.25, 0.3) is 0 Å². The fourth-order valence-corrected chi connectivity index (χ4v) is 5.17. The fourth-order valence-electron chi connectivity index (χ4n) is 3.76. The molecular formula is C24H23ClFN3OS. The quantitative estimate of drug-likeness (QED) is 0.549. The zero-order valence-corrected chi connectivity index (χ0v) is 18.5. The molecule has 1 aromatic heterocycles. The van der Waals surface area contributed by atoms with Crippen LogP contribution in [0.2, 0.25) is 5.02 Å². The van der Waals surface area contributed by atoms with Crippen molar-refractivity contribution < 1.29 is 9.18 Å². The first kappa shape index (κ1) is 21.8. The molecule has 7 heteroatoms. The molecule has 0 bridgehead atoms. The van der Waals surface area contributed by atoms with Crippen molar-refractivity contribution in [2.24, 2.45) is 0 Å². The predicted molar refractivity (Wildman–Crippen MR) is 122 cm³/mol. The molecule has 1 fully saturated rings. The molecule has 4 nitrogen and oxygen atoms in total. The lowest BCUT2D eigenvalue weighted by atomic mass is 10.1. The van der Waals surface area contributed by atoms with Crippen LogP contribution < -0.4 is 5.32 Å². The van der Waals surface area contributed by atoms with Gasteiger partial charge in [-0.05, 0) is 53.9 Å². The summed E-state index contributed by atoms with van der Waals surface area (Å²) in [5.41, 5.74) is 1.96. The molecule has 0 unspecified atom stereocenters. The number of carbonyl (C=O) groups is 1. The van der Waals surface area contributed by atoms with Gasteiger partial charge in [0, 0.05) is 47.2 Å². The highest BCUT2D eigenvalue weighted by atomic mass is 35.5. The van der Waals surface area contributed by atoms with Gasteiger partial charge in [-0.3, -0.25) is 14.7 Å². The van der Waals surface area contributed by atoms with Gasteiger partial charge in [-0.2, -0.15) is 0 Å². The zero-order valence-electron chi connectivity index (χ0n) is 16.9. The van der Waals surface area contributed by atoms with E-state index in [0.717, 1.165) is 22.6 Å². The third-order valence-corrected chi connectivity index (χ3v) is 6.89. The van der Waals surface area contributed by atoms with Crippen molar-refractivity contribution in [1.29, 1.82) is 0 Å². The second-order valence-corrected chi connectivity index (χ2v) is 9.33. The predicted octanol–water partition coefficient (Wildman–Crippen LogP) is 4.93. The number of nitrogens with one attached hydrogen (secondary N) is 1.